The number of hydrogen-bond acceptors (Lipinski definition) is 9. The number of fused-ring (bicyclic) bond motifs is 1. The minimum absolute atomic E-state index is 0.0359. The number of para-hydroxylation sites is 1. The second kappa shape index (κ2) is 12.8. The van der Waals surface area contributed by atoms with Gasteiger partial charge in [0.1, 0.15) is 11.9 Å². The molecule has 234 valence electrons. The zero-order chi connectivity index (χ0) is 31.7. The average molecular weight is 647 g/mol. The van der Waals surface area contributed by atoms with E-state index in [4.69, 9.17) is 45.8 Å². The van der Waals surface area contributed by atoms with Crippen LogP contribution < -0.4 is 16.0 Å². The summed E-state index contributed by atoms with van der Waals surface area (Å²) >= 11 is 5.53. The van der Waals surface area contributed by atoms with Gasteiger partial charge in [0.05, 0.1) is 6.61 Å². The van der Waals surface area contributed by atoms with Crippen molar-refractivity contribution in [1.29, 1.82) is 0 Å². The molecule has 3 heterocycles. The van der Waals surface area contributed by atoms with Crippen LogP contribution in [0.4, 0.5) is 0 Å². The van der Waals surface area contributed by atoms with Crippen LogP contribution in [0, 0.1) is 12.3 Å². The molecule has 1 N–H and O–H groups in total. The highest BCUT2D eigenvalue weighted by Gasteiger charge is 2.68. The standard InChI is InChI=1S/C30H42N2O8SSi2/c1-10-30-24(18-35-42(19(2)3,20(4)5)40-43(39-30,21(6)7)22(8)9)37-27(32-17-16-25(33)31-28(32)34)26(30)38-29(41)36-23-14-12-11-13-15-23/h1,11-17,19-22,24,26-27H,18H2,2-9H3,(H,31,33,34)/t24-,26+,27-,30-/m1/s1. The Hall–Kier alpha value is -2.58. The van der Waals surface area contributed by atoms with E-state index in [1.165, 1.54) is 16.8 Å². The third kappa shape index (κ3) is 6.06. The molecule has 0 unspecified atom stereocenters. The lowest BCUT2D eigenvalue weighted by molar-refractivity contribution is -0.0755. The number of rotatable bonds is 7. The van der Waals surface area contributed by atoms with Crippen LogP contribution in [-0.4, -0.2) is 56.3 Å². The first-order valence-electron chi connectivity index (χ1n) is 14.6. The summed E-state index contributed by atoms with van der Waals surface area (Å²) in [4.78, 5) is 27.3. The number of benzene rings is 1. The quantitative estimate of drug-likeness (QED) is 0.248. The summed E-state index contributed by atoms with van der Waals surface area (Å²) in [7, 11) is -6.21. The molecule has 43 heavy (non-hydrogen) atoms. The Morgan fingerprint density at radius 2 is 1.63 bits per heavy atom. The molecule has 2 fully saturated rings. The number of aromatic nitrogens is 2. The second-order valence-corrected chi connectivity index (χ2v) is 21.4. The summed E-state index contributed by atoms with van der Waals surface area (Å²) in [5, 5.41) is -0.237. The molecule has 1 aromatic heterocycles. The molecule has 10 nitrogen and oxygen atoms in total. The Morgan fingerprint density at radius 1 is 1.02 bits per heavy atom. The van der Waals surface area contributed by atoms with Crippen LogP contribution in [0.1, 0.15) is 61.6 Å². The van der Waals surface area contributed by atoms with Crippen molar-refractivity contribution in [1.82, 2.24) is 9.55 Å². The van der Waals surface area contributed by atoms with Gasteiger partial charge in [-0.25, -0.2) is 4.79 Å². The predicted molar refractivity (Wildman–Crippen MR) is 171 cm³/mol. The maximum absolute atomic E-state index is 13.1. The fraction of sp³-hybridized carbons (Fsp3) is 0.567. The van der Waals surface area contributed by atoms with Gasteiger partial charge in [0.2, 0.25) is 0 Å². The molecular weight excluding hydrogens is 605 g/mol. The van der Waals surface area contributed by atoms with Crippen molar-refractivity contribution in [3.63, 3.8) is 0 Å². The lowest BCUT2D eigenvalue weighted by Gasteiger charge is -2.53. The molecule has 1 aromatic carbocycles. The molecule has 4 rings (SSSR count). The van der Waals surface area contributed by atoms with E-state index in [9.17, 15) is 9.59 Å². The lowest BCUT2D eigenvalue weighted by Crippen LogP contribution is -2.69. The zero-order valence-electron chi connectivity index (χ0n) is 26.0. The summed E-state index contributed by atoms with van der Waals surface area (Å²) < 4.78 is 41.4. The molecular formula is C30H42N2O8SSi2. The Labute approximate surface area is 260 Å². The first kappa shape index (κ1) is 33.3. The third-order valence-electron chi connectivity index (χ3n) is 8.31. The number of nitrogens with zero attached hydrogens (tertiary/aromatic N) is 1. The van der Waals surface area contributed by atoms with Crippen molar-refractivity contribution in [3.05, 3.63) is 63.4 Å². The molecule has 2 aliphatic heterocycles. The van der Waals surface area contributed by atoms with Gasteiger partial charge in [0.15, 0.2) is 17.9 Å². The fourth-order valence-corrected chi connectivity index (χ4v) is 17.5. The first-order chi connectivity index (χ1) is 20.2. The van der Waals surface area contributed by atoms with Gasteiger partial charge < -0.3 is 27.2 Å². The van der Waals surface area contributed by atoms with Crippen LogP contribution in [0.15, 0.2) is 52.2 Å². The predicted octanol–water partition coefficient (Wildman–Crippen LogP) is 5.14. The second-order valence-electron chi connectivity index (χ2n) is 12.3. The first-order valence-corrected chi connectivity index (χ1v) is 19.0. The Bertz CT molecular complexity index is 1440. The van der Waals surface area contributed by atoms with Crippen LogP contribution in [-0.2, 0) is 22.4 Å². The molecule has 0 saturated carbocycles. The van der Waals surface area contributed by atoms with Crippen molar-refractivity contribution in [3.8, 4) is 18.1 Å². The van der Waals surface area contributed by atoms with Crippen LogP contribution in [0.2, 0.25) is 22.2 Å². The highest BCUT2D eigenvalue weighted by Crippen LogP contribution is 2.52. The largest absolute Gasteiger partial charge is 0.444 e. The topological polar surface area (TPSA) is 110 Å². The van der Waals surface area contributed by atoms with Gasteiger partial charge in [0.25, 0.3) is 5.56 Å². The van der Waals surface area contributed by atoms with Crippen molar-refractivity contribution in [2.24, 2.45) is 0 Å². The number of thiocarbonyl (C=S) groups is 1. The van der Waals surface area contributed by atoms with Gasteiger partial charge in [-0.15, -0.1) is 6.42 Å². The smallest absolute Gasteiger partial charge is 0.358 e. The maximum Gasteiger partial charge on any atom is 0.358 e. The maximum atomic E-state index is 13.1. The SMILES string of the molecule is C#C[C@@]12O[Si](C(C)C)(C(C)C)O[Si](C(C)C)(C(C)C)OC[C@H]1O[C@@H](n1ccc(=O)[nH]c1=O)[C@@H]2OC(=S)Oc1ccccc1. The molecule has 13 heteroatoms. The van der Waals surface area contributed by atoms with Crippen LogP contribution in [0.3, 0.4) is 0 Å². The highest BCUT2D eigenvalue weighted by atomic mass is 32.1. The molecule has 2 saturated heterocycles. The summed E-state index contributed by atoms with van der Waals surface area (Å²) in [5.41, 5.74) is -2.77. The number of ether oxygens (including phenoxy) is 3. The normalized spacial score (nSPS) is 26.5. The molecule has 0 spiro atoms. The van der Waals surface area contributed by atoms with Crippen molar-refractivity contribution >= 4 is 34.6 Å². The molecule has 0 radical (unpaired) electrons. The van der Waals surface area contributed by atoms with E-state index in [0.717, 1.165) is 0 Å². The molecule has 2 aromatic rings. The van der Waals surface area contributed by atoms with E-state index in [1.807, 2.05) is 6.07 Å². The van der Waals surface area contributed by atoms with Gasteiger partial charge in [-0.1, -0.05) is 79.5 Å². The monoisotopic (exact) mass is 646 g/mol. The highest BCUT2D eigenvalue weighted by molar-refractivity contribution is 7.79. The molecule has 0 bridgehead atoms. The van der Waals surface area contributed by atoms with E-state index in [0.29, 0.717) is 5.75 Å². The molecule has 0 amide bonds. The van der Waals surface area contributed by atoms with E-state index in [-0.39, 0.29) is 34.0 Å². The van der Waals surface area contributed by atoms with Crippen LogP contribution in [0.5, 0.6) is 5.75 Å². The Balaban J connectivity index is 1.91. The Morgan fingerprint density at radius 3 is 2.16 bits per heavy atom. The summed E-state index contributed by atoms with van der Waals surface area (Å²) in [5.74, 6) is 3.32. The van der Waals surface area contributed by atoms with Gasteiger partial charge in [0, 0.05) is 24.5 Å². The number of terminal acetylenes is 1. The van der Waals surface area contributed by atoms with Crippen LogP contribution in [0.25, 0.3) is 0 Å². The summed E-state index contributed by atoms with van der Waals surface area (Å²) in [6.07, 6.45) is 4.53. The van der Waals surface area contributed by atoms with E-state index < -0.39 is 52.4 Å². The lowest BCUT2D eigenvalue weighted by atomic mass is 9.93. The number of aromatic amines is 1. The Kier molecular flexibility index (Phi) is 9.92. The van der Waals surface area contributed by atoms with Gasteiger partial charge in [-0.2, -0.15) is 0 Å². The number of nitrogens with one attached hydrogen (secondary N) is 1. The molecule has 2 aliphatic rings. The van der Waals surface area contributed by atoms with Gasteiger partial charge in [-0.05, 0) is 34.3 Å². The fourth-order valence-electron chi connectivity index (χ4n) is 6.07. The van der Waals surface area contributed by atoms with Crippen molar-refractivity contribution in [2.75, 3.05) is 6.61 Å². The van der Waals surface area contributed by atoms with Crippen LogP contribution >= 0.6 is 12.2 Å². The number of hydrogen-bond donors (Lipinski definition) is 1. The zero-order valence-corrected chi connectivity index (χ0v) is 28.8. The van der Waals surface area contributed by atoms with E-state index in [1.54, 1.807) is 24.3 Å². The summed E-state index contributed by atoms with van der Waals surface area (Å²) in [6.45, 7) is 16.8. The minimum Gasteiger partial charge on any atom is -0.444 e. The van der Waals surface area contributed by atoms with E-state index >= 15 is 0 Å². The minimum atomic E-state index is -3.28. The van der Waals surface area contributed by atoms with Crippen molar-refractivity contribution in [2.45, 2.75) is 102 Å². The van der Waals surface area contributed by atoms with Gasteiger partial charge >= 0.3 is 28.0 Å². The molecule has 0 aliphatic carbocycles. The number of H-pyrrole nitrogens is 1. The van der Waals surface area contributed by atoms with Crippen molar-refractivity contribution < 1.29 is 27.2 Å². The van der Waals surface area contributed by atoms with E-state index in [2.05, 4.69) is 66.3 Å². The molecule has 4 atom stereocenters. The summed E-state index contributed by atoms with van der Waals surface area (Å²) in [6, 6.07) is 10.1. The third-order valence-corrected chi connectivity index (χ3v) is 18.8. The average Bonchev–Trinajstić information content (AvgIpc) is 3.20. The van der Waals surface area contributed by atoms with Gasteiger partial charge in [-0.3, -0.25) is 14.3 Å².